The van der Waals surface area contributed by atoms with E-state index in [1.165, 1.54) is 3.22 Å². The quantitative estimate of drug-likeness (QED) is 0.349. The molecule has 0 aliphatic heterocycles. The summed E-state index contributed by atoms with van der Waals surface area (Å²) in [6, 6.07) is 19.7. The number of nitrogens with one attached hydrogen (secondary N) is 1. The molecule has 0 radical (unpaired) electrons. The normalized spacial score (nSPS) is 15.2. The fraction of sp³-hybridized carbons (Fsp3) is 0.259. The van der Waals surface area contributed by atoms with Gasteiger partial charge in [-0.25, -0.2) is 0 Å². The standard InChI is InChI=1S/C21H18NO.C6H10NO2.Po/c1-17-11-13-19(14-12-17)21(23)20-10-6-16-22(20)15-5-9-18-7-3-2-4-8-18;7-6(5(8)9)3-1-2-4-6;/h2-3,5-14,16H,15H2,1H3;7H,1-4H2,(H,8,9);/q;-1;+1/b9-5+;;. The predicted molar refractivity (Wildman–Crippen MR) is 132 cm³/mol. The molecule has 0 atom stereocenters. The predicted octanol–water partition coefficient (Wildman–Crippen LogP) is 3.97. The average Bonchev–Trinajstić information content (AvgIpc) is 3.49. The molecule has 1 aromatic heterocycles. The van der Waals surface area contributed by atoms with Gasteiger partial charge >= 0.3 is 195 Å². The van der Waals surface area contributed by atoms with Crippen LogP contribution in [0.5, 0.6) is 0 Å². The topological polar surface area (TPSA) is 71.3 Å². The number of carbonyl (C=O) groups is 2. The van der Waals surface area contributed by atoms with Crippen molar-refractivity contribution in [2.75, 3.05) is 0 Å². The Morgan fingerprint density at radius 2 is 1.85 bits per heavy atom. The van der Waals surface area contributed by atoms with Gasteiger partial charge in [0, 0.05) is 0 Å². The number of aliphatic carboxylic acids is 1. The van der Waals surface area contributed by atoms with Crippen molar-refractivity contribution in [3.05, 3.63) is 95.3 Å². The first-order chi connectivity index (χ1) is 16.0. The maximum atomic E-state index is 12.9. The van der Waals surface area contributed by atoms with Gasteiger partial charge in [0.2, 0.25) is 0 Å². The minimum atomic E-state index is -1.18. The number of allylic oxidation sites excluding steroid dienone is 1. The number of nitrogens with zero attached hydrogens (tertiary/aromatic N) is 1. The van der Waals surface area contributed by atoms with E-state index in [1.807, 2.05) is 60.2 Å². The minimum absolute atomic E-state index is 0.0212. The van der Waals surface area contributed by atoms with E-state index in [4.69, 9.17) is 0 Å². The summed E-state index contributed by atoms with van der Waals surface area (Å²) >= 11 is -1.18. The molecule has 1 aliphatic carbocycles. The van der Waals surface area contributed by atoms with E-state index >= 15 is 0 Å². The molecule has 1 fully saturated rings. The molecule has 2 N–H and O–H groups in total. The van der Waals surface area contributed by atoms with Gasteiger partial charge in [-0.3, -0.25) is 0 Å². The molecule has 6 heteroatoms. The van der Waals surface area contributed by atoms with E-state index in [9.17, 15) is 14.7 Å². The second kappa shape index (κ2) is 10.6. The van der Waals surface area contributed by atoms with Crippen LogP contribution in [0.4, 0.5) is 0 Å². The van der Waals surface area contributed by atoms with E-state index in [0.29, 0.717) is 17.8 Å². The van der Waals surface area contributed by atoms with Crippen molar-refractivity contribution in [2.45, 2.75) is 44.7 Å². The third kappa shape index (κ3) is 5.69. The van der Waals surface area contributed by atoms with E-state index in [1.54, 1.807) is 0 Å². The van der Waals surface area contributed by atoms with Crippen LogP contribution in [0, 0.1) is 6.92 Å². The molecule has 1 aliphatic rings. The molecule has 170 valence electrons. The fourth-order valence-corrected chi connectivity index (χ4v) is 7.79. The van der Waals surface area contributed by atoms with Gasteiger partial charge in [0.25, 0.3) is 0 Å². The van der Waals surface area contributed by atoms with Crippen LogP contribution in [0.2, 0.25) is 0 Å². The van der Waals surface area contributed by atoms with Crippen LogP contribution in [-0.2, 0) is 11.3 Å². The summed E-state index contributed by atoms with van der Waals surface area (Å²) in [5, 5.41) is 9.68. The molecular formula is C27H28N2O3Po. The van der Waals surface area contributed by atoms with Gasteiger partial charge in [-0.1, -0.05) is 5.56 Å². The van der Waals surface area contributed by atoms with Crippen LogP contribution >= 0.6 is 0 Å². The van der Waals surface area contributed by atoms with E-state index < -0.39 is 35.4 Å². The molecule has 33 heavy (non-hydrogen) atoms. The van der Waals surface area contributed by atoms with Crippen LogP contribution in [0.3, 0.4) is 0 Å². The van der Waals surface area contributed by atoms with Gasteiger partial charge in [0.05, 0.1) is 0 Å². The second-order valence-corrected chi connectivity index (χ2v) is 11.9. The van der Waals surface area contributed by atoms with Crippen LogP contribution < -0.4 is 6.44 Å². The second-order valence-electron chi connectivity index (χ2n) is 8.51. The zero-order chi connectivity index (χ0) is 23.3. The zero-order valence-corrected chi connectivity index (χ0v) is 21.8. The molecule has 1 heterocycles. The van der Waals surface area contributed by atoms with Crippen molar-refractivity contribution in [3.8, 4) is 0 Å². The summed E-state index contributed by atoms with van der Waals surface area (Å²) in [5.41, 5.74) is 2.87. The number of rotatable bonds is 9. The van der Waals surface area contributed by atoms with Gasteiger partial charge in [0.1, 0.15) is 0 Å². The van der Waals surface area contributed by atoms with Crippen molar-refractivity contribution < 1.29 is 14.7 Å². The summed E-state index contributed by atoms with van der Waals surface area (Å²) < 4.78 is 6.64. The third-order valence-electron chi connectivity index (χ3n) is 6.08. The average molecular weight is 638 g/mol. The Morgan fingerprint density at radius 3 is 2.58 bits per heavy atom. The molecule has 0 unspecified atom stereocenters. The molecule has 5 nitrogen and oxygen atoms in total. The summed E-state index contributed by atoms with van der Waals surface area (Å²) in [5.74, 6) is -0.688. The number of aromatic nitrogens is 1. The zero-order valence-electron chi connectivity index (χ0n) is 18.7. The Balaban J connectivity index is 1.40. The fourth-order valence-electron chi connectivity index (χ4n) is 4.11. The number of carbonyl (C=O) groups excluding carboxylic acids is 1. The van der Waals surface area contributed by atoms with Crippen LogP contribution in [0.25, 0.3) is 6.08 Å². The Bertz CT molecular complexity index is 1160. The SMILES string of the molecule is Cc1ccc(C(=O)c2cccn2C/C=C/c2ccc[c]([Po][NH]C3(C(=O)O)CCCC3)c2)cc1. The van der Waals surface area contributed by atoms with E-state index in [-0.39, 0.29) is 5.78 Å². The first-order valence-corrected chi connectivity index (χ1v) is 14.3. The Labute approximate surface area is 206 Å². The third-order valence-corrected chi connectivity index (χ3v) is 9.90. The molecule has 2 aromatic carbocycles. The van der Waals surface area contributed by atoms with Crippen molar-refractivity contribution in [3.63, 3.8) is 0 Å². The van der Waals surface area contributed by atoms with Crippen LogP contribution in [0.15, 0.2) is 72.9 Å². The van der Waals surface area contributed by atoms with Gasteiger partial charge in [-0.2, -0.15) is 0 Å². The van der Waals surface area contributed by atoms with Crippen molar-refractivity contribution in [1.29, 1.82) is 0 Å². The molecule has 3 aromatic rings. The number of ketones is 1. The summed E-state index contributed by atoms with van der Waals surface area (Å²) in [7, 11) is 0. The van der Waals surface area contributed by atoms with Crippen LogP contribution in [0.1, 0.15) is 52.9 Å². The van der Waals surface area contributed by atoms with Gasteiger partial charge in [0.15, 0.2) is 0 Å². The number of hydrogen-bond acceptors (Lipinski definition) is 3. The summed E-state index contributed by atoms with van der Waals surface area (Å²) in [4.78, 5) is 24.7. The molecule has 0 bridgehead atoms. The van der Waals surface area contributed by atoms with E-state index in [0.717, 1.165) is 36.8 Å². The Morgan fingerprint density at radius 1 is 1.09 bits per heavy atom. The van der Waals surface area contributed by atoms with Gasteiger partial charge in [-0.15, -0.1) is 0 Å². The van der Waals surface area contributed by atoms with Crippen molar-refractivity contribution in [1.82, 2.24) is 7.78 Å². The maximum absolute atomic E-state index is 12.9. The summed E-state index contributed by atoms with van der Waals surface area (Å²) in [6.07, 6.45) is 9.45. The van der Waals surface area contributed by atoms with Crippen molar-refractivity contribution in [2.24, 2.45) is 0 Å². The first kappa shape index (κ1) is 23.6. The first-order valence-electron chi connectivity index (χ1n) is 11.2. The molecule has 4 rings (SSSR count). The molecule has 1 saturated carbocycles. The Hall–Kier alpha value is -2.54. The number of benzene rings is 2. The number of carboxylic acids is 1. The van der Waals surface area contributed by atoms with E-state index in [2.05, 4.69) is 33.6 Å². The molecule has 0 spiro atoms. The monoisotopic (exact) mass is 637 g/mol. The number of aryl methyl sites for hydroxylation is 1. The molecular weight excluding hydrogens is 609 g/mol. The van der Waals surface area contributed by atoms with Crippen LogP contribution in [-0.4, -0.2) is 50.8 Å². The number of carboxylic acid groups (broad SMARTS) is 1. The Kier molecular flexibility index (Phi) is 7.58. The number of hydrogen-bond donors (Lipinski definition) is 2. The summed E-state index contributed by atoms with van der Waals surface area (Å²) in [6.45, 7) is 2.61. The van der Waals surface area contributed by atoms with Gasteiger partial charge < -0.3 is 0 Å². The van der Waals surface area contributed by atoms with Gasteiger partial charge in [-0.05, 0) is 6.92 Å². The molecule has 0 saturated heterocycles. The van der Waals surface area contributed by atoms with Crippen molar-refractivity contribution >= 4 is 44.9 Å². The molecule has 0 amide bonds.